The maximum Gasteiger partial charge on any atom is 0.274 e. The lowest BCUT2D eigenvalue weighted by Crippen LogP contribution is -2.50. The van der Waals surface area contributed by atoms with Gasteiger partial charge in [0.05, 0.1) is 12.8 Å². The summed E-state index contributed by atoms with van der Waals surface area (Å²) >= 11 is 0. The molecule has 0 aliphatic carbocycles. The van der Waals surface area contributed by atoms with Gasteiger partial charge in [0.25, 0.3) is 5.91 Å². The maximum atomic E-state index is 12.6. The van der Waals surface area contributed by atoms with Gasteiger partial charge in [-0.15, -0.1) is 5.10 Å². The molecule has 2 aromatic heterocycles. The summed E-state index contributed by atoms with van der Waals surface area (Å²) < 4.78 is 6.97. The minimum atomic E-state index is -0.0307. The van der Waals surface area contributed by atoms with Crippen molar-refractivity contribution in [1.82, 2.24) is 24.4 Å². The van der Waals surface area contributed by atoms with Crippen molar-refractivity contribution < 1.29 is 9.53 Å². The number of amides is 1. The van der Waals surface area contributed by atoms with Crippen molar-refractivity contribution in [3.8, 4) is 5.88 Å². The highest BCUT2D eigenvalue weighted by atomic mass is 16.5. The Kier molecular flexibility index (Phi) is 4.47. The van der Waals surface area contributed by atoms with Crippen molar-refractivity contribution in [1.29, 1.82) is 0 Å². The SMILES string of the molecule is CCOc1ccc2nc(C(=O)N3CCN(C(C)C)CC3)cn2n1. The van der Waals surface area contributed by atoms with Crippen LogP contribution in [0.5, 0.6) is 5.88 Å². The number of hydrogen-bond acceptors (Lipinski definition) is 5. The first-order valence-electron chi connectivity index (χ1n) is 8.11. The quantitative estimate of drug-likeness (QED) is 0.850. The van der Waals surface area contributed by atoms with E-state index in [-0.39, 0.29) is 5.91 Å². The van der Waals surface area contributed by atoms with Gasteiger partial charge in [-0.05, 0) is 26.8 Å². The van der Waals surface area contributed by atoms with Crippen LogP contribution in [0, 0.1) is 0 Å². The third-order valence-electron chi connectivity index (χ3n) is 4.14. The summed E-state index contributed by atoms with van der Waals surface area (Å²) in [5, 5.41) is 4.30. The summed E-state index contributed by atoms with van der Waals surface area (Å²) in [5.74, 6) is 0.499. The number of ether oxygens (including phenoxy) is 1. The molecule has 0 unspecified atom stereocenters. The molecule has 7 nitrogen and oxygen atoms in total. The van der Waals surface area contributed by atoms with Crippen LogP contribution in [0.2, 0.25) is 0 Å². The highest BCUT2D eigenvalue weighted by Gasteiger charge is 2.25. The first kappa shape index (κ1) is 15.7. The van der Waals surface area contributed by atoms with Gasteiger partial charge >= 0.3 is 0 Å². The van der Waals surface area contributed by atoms with E-state index in [1.807, 2.05) is 17.9 Å². The van der Waals surface area contributed by atoms with Crippen LogP contribution in [0.25, 0.3) is 5.65 Å². The lowest BCUT2D eigenvalue weighted by molar-refractivity contribution is 0.0590. The number of piperazine rings is 1. The summed E-state index contributed by atoms with van der Waals surface area (Å²) in [4.78, 5) is 21.3. The van der Waals surface area contributed by atoms with E-state index in [1.165, 1.54) is 0 Å². The van der Waals surface area contributed by atoms with Crippen LogP contribution >= 0.6 is 0 Å². The fourth-order valence-electron chi connectivity index (χ4n) is 2.80. The second-order valence-electron chi connectivity index (χ2n) is 5.96. The van der Waals surface area contributed by atoms with E-state index >= 15 is 0 Å². The van der Waals surface area contributed by atoms with Crippen LogP contribution in [-0.4, -0.2) is 69.1 Å². The topological polar surface area (TPSA) is 63.0 Å². The molecule has 124 valence electrons. The van der Waals surface area contributed by atoms with Gasteiger partial charge in [0, 0.05) is 38.3 Å². The van der Waals surface area contributed by atoms with Crippen LogP contribution in [0.15, 0.2) is 18.3 Å². The highest BCUT2D eigenvalue weighted by molar-refractivity contribution is 5.93. The molecule has 0 bridgehead atoms. The van der Waals surface area contributed by atoms with Crippen LogP contribution in [0.1, 0.15) is 31.3 Å². The van der Waals surface area contributed by atoms with Gasteiger partial charge < -0.3 is 9.64 Å². The third kappa shape index (κ3) is 3.29. The molecule has 0 saturated carbocycles. The zero-order valence-corrected chi connectivity index (χ0v) is 13.9. The molecule has 1 aliphatic rings. The highest BCUT2D eigenvalue weighted by Crippen LogP contribution is 2.13. The molecule has 0 spiro atoms. The van der Waals surface area contributed by atoms with E-state index in [9.17, 15) is 4.79 Å². The van der Waals surface area contributed by atoms with Crippen LogP contribution in [0.3, 0.4) is 0 Å². The van der Waals surface area contributed by atoms with Crippen molar-refractivity contribution in [2.45, 2.75) is 26.8 Å². The molecule has 3 rings (SSSR count). The van der Waals surface area contributed by atoms with E-state index in [0.29, 0.717) is 29.9 Å². The van der Waals surface area contributed by atoms with Crippen LogP contribution < -0.4 is 4.74 Å². The third-order valence-corrected chi connectivity index (χ3v) is 4.14. The maximum absolute atomic E-state index is 12.6. The molecule has 23 heavy (non-hydrogen) atoms. The van der Waals surface area contributed by atoms with Gasteiger partial charge in [0.15, 0.2) is 5.65 Å². The Balaban J connectivity index is 1.74. The number of carbonyl (C=O) groups is 1. The summed E-state index contributed by atoms with van der Waals surface area (Å²) in [6.07, 6.45) is 1.68. The minimum Gasteiger partial charge on any atom is -0.477 e. The molecule has 1 saturated heterocycles. The van der Waals surface area contributed by atoms with Crippen LogP contribution in [-0.2, 0) is 0 Å². The molecule has 0 aromatic carbocycles. The molecule has 0 atom stereocenters. The zero-order chi connectivity index (χ0) is 16.4. The van der Waals surface area contributed by atoms with Crippen molar-refractivity contribution in [2.75, 3.05) is 32.8 Å². The van der Waals surface area contributed by atoms with Crippen LogP contribution in [0.4, 0.5) is 0 Å². The molecule has 1 fully saturated rings. The number of imidazole rings is 1. The van der Waals surface area contributed by atoms with E-state index < -0.39 is 0 Å². The van der Waals surface area contributed by atoms with Gasteiger partial charge in [-0.3, -0.25) is 9.69 Å². The fourth-order valence-corrected chi connectivity index (χ4v) is 2.80. The van der Waals surface area contributed by atoms with E-state index in [4.69, 9.17) is 4.74 Å². The van der Waals surface area contributed by atoms with Gasteiger partial charge in [-0.2, -0.15) is 0 Å². The first-order valence-corrected chi connectivity index (χ1v) is 8.11. The van der Waals surface area contributed by atoms with Crippen molar-refractivity contribution in [3.05, 3.63) is 24.0 Å². The van der Waals surface area contributed by atoms with Crippen molar-refractivity contribution in [2.24, 2.45) is 0 Å². The molecule has 1 aliphatic heterocycles. The first-order chi connectivity index (χ1) is 11.1. The molecule has 0 radical (unpaired) electrons. The summed E-state index contributed by atoms with van der Waals surface area (Å²) in [6.45, 7) is 10.1. The molecule has 1 amide bonds. The number of nitrogens with zero attached hydrogens (tertiary/aromatic N) is 5. The average molecular weight is 317 g/mol. The Labute approximate surface area is 135 Å². The Morgan fingerprint density at radius 2 is 2.00 bits per heavy atom. The predicted molar refractivity (Wildman–Crippen MR) is 86.8 cm³/mol. The van der Waals surface area contributed by atoms with Gasteiger partial charge in [0.1, 0.15) is 5.69 Å². The largest absolute Gasteiger partial charge is 0.477 e. The number of rotatable bonds is 4. The van der Waals surface area contributed by atoms with Gasteiger partial charge in [-0.25, -0.2) is 9.50 Å². The average Bonchev–Trinajstić information content (AvgIpc) is 2.98. The Hall–Kier alpha value is -2.15. The molecular weight excluding hydrogens is 294 g/mol. The number of carbonyl (C=O) groups excluding carboxylic acids is 1. The monoisotopic (exact) mass is 317 g/mol. The molecular formula is C16H23N5O2. The van der Waals surface area contributed by atoms with E-state index in [1.54, 1.807) is 16.8 Å². The normalized spacial score (nSPS) is 16.3. The molecule has 3 heterocycles. The minimum absolute atomic E-state index is 0.0307. The molecule has 2 aromatic rings. The van der Waals surface area contributed by atoms with Crippen molar-refractivity contribution >= 4 is 11.6 Å². The predicted octanol–water partition coefficient (Wildman–Crippen LogP) is 1.29. The second-order valence-corrected chi connectivity index (χ2v) is 5.96. The standard InChI is InChI=1S/C16H23N5O2/c1-4-23-15-6-5-14-17-13(11-21(14)18-15)16(22)20-9-7-19(8-10-20)12(2)3/h5-6,11-12H,4,7-10H2,1-3H3. The second kappa shape index (κ2) is 6.54. The van der Waals surface area contributed by atoms with Gasteiger partial charge in [0.2, 0.25) is 5.88 Å². The fraction of sp³-hybridized carbons (Fsp3) is 0.562. The molecule has 7 heteroatoms. The van der Waals surface area contributed by atoms with E-state index in [0.717, 1.165) is 26.2 Å². The van der Waals surface area contributed by atoms with Crippen molar-refractivity contribution in [3.63, 3.8) is 0 Å². The van der Waals surface area contributed by atoms with Gasteiger partial charge in [-0.1, -0.05) is 0 Å². The summed E-state index contributed by atoms with van der Waals surface area (Å²) in [6, 6.07) is 4.09. The lowest BCUT2D eigenvalue weighted by Gasteiger charge is -2.36. The number of aromatic nitrogens is 3. The zero-order valence-electron chi connectivity index (χ0n) is 13.9. The Morgan fingerprint density at radius 3 is 2.65 bits per heavy atom. The Bertz CT molecular complexity index is 689. The summed E-state index contributed by atoms with van der Waals surface area (Å²) in [7, 11) is 0. The smallest absolute Gasteiger partial charge is 0.274 e. The number of fused-ring (bicyclic) bond motifs is 1. The Morgan fingerprint density at radius 1 is 1.26 bits per heavy atom. The molecule has 0 N–H and O–H groups in total. The van der Waals surface area contributed by atoms with E-state index in [2.05, 4.69) is 28.8 Å². The number of hydrogen-bond donors (Lipinski definition) is 0. The summed E-state index contributed by atoms with van der Waals surface area (Å²) in [5.41, 5.74) is 1.08. The lowest BCUT2D eigenvalue weighted by atomic mass is 10.2.